The van der Waals surface area contributed by atoms with Crippen molar-refractivity contribution in [3.05, 3.63) is 63.5 Å². The molecule has 4 nitrogen and oxygen atoms in total. The van der Waals surface area contributed by atoms with Gasteiger partial charge < -0.3 is 9.88 Å². The minimum Gasteiger partial charge on any atom is -0.325 e. The number of aryl methyl sites for hydroxylation is 2. The van der Waals surface area contributed by atoms with Crippen molar-refractivity contribution in [2.45, 2.75) is 26.3 Å². The van der Waals surface area contributed by atoms with E-state index in [1.807, 2.05) is 31.2 Å². The predicted molar refractivity (Wildman–Crippen MR) is 84.8 cm³/mol. The van der Waals surface area contributed by atoms with E-state index in [4.69, 9.17) is 11.6 Å². The van der Waals surface area contributed by atoms with Crippen LogP contribution in [0.25, 0.3) is 0 Å². The van der Waals surface area contributed by atoms with Crippen molar-refractivity contribution in [1.82, 2.24) is 4.57 Å². The summed E-state index contributed by atoms with van der Waals surface area (Å²) in [4.78, 5) is 23.4. The van der Waals surface area contributed by atoms with Gasteiger partial charge in [0.05, 0.1) is 5.69 Å². The molecule has 2 aromatic rings. The molecule has 1 N–H and O–H groups in total. The number of carbonyl (C=O) groups excluding carboxylic acids is 1. The third-order valence-electron chi connectivity index (χ3n) is 3.19. The standard InChI is InChI=1S/C16H17ClN2O2/c1-2-19-11-13(8-10-16(19)21)18-15(20)9-7-12-5-3-4-6-14(12)17/h3-6,8,10-11H,2,7,9H2,1H3,(H,18,20). The molecule has 0 aliphatic rings. The van der Waals surface area contributed by atoms with Crippen LogP contribution in [0.3, 0.4) is 0 Å². The molecule has 0 spiro atoms. The zero-order chi connectivity index (χ0) is 15.2. The van der Waals surface area contributed by atoms with Crippen LogP contribution in [0.1, 0.15) is 18.9 Å². The van der Waals surface area contributed by atoms with Crippen molar-refractivity contribution < 1.29 is 4.79 Å². The van der Waals surface area contributed by atoms with Crippen LogP contribution in [0.2, 0.25) is 5.02 Å². The highest BCUT2D eigenvalue weighted by molar-refractivity contribution is 6.31. The van der Waals surface area contributed by atoms with Gasteiger partial charge >= 0.3 is 0 Å². The van der Waals surface area contributed by atoms with Gasteiger partial charge in [0.2, 0.25) is 5.91 Å². The summed E-state index contributed by atoms with van der Waals surface area (Å²) in [5.74, 6) is -0.101. The molecule has 0 aliphatic heterocycles. The van der Waals surface area contributed by atoms with Crippen LogP contribution < -0.4 is 10.9 Å². The van der Waals surface area contributed by atoms with E-state index in [9.17, 15) is 9.59 Å². The Morgan fingerprint density at radius 3 is 2.71 bits per heavy atom. The van der Waals surface area contributed by atoms with Crippen LogP contribution in [0, 0.1) is 0 Å². The minimum atomic E-state index is -0.101. The summed E-state index contributed by atoms with van der Waals surface area (Å²) in [6.45, 7) is 2.45. The van der Waals surface area contributed by atoms with Crippen LogP contribution in [-0.2, 0) is 17.8 Å². The Balaban J connectivity index is 1.96. The fourth-order valence-electron chi connectivity index (χ4n) is 2.03. The number of pyridine rings is 1. The highest BCUT2D eigenvalue weighted by Crippen LogP contribution is 2.16. The van der Waals surface area contributed by atoms with Crippen molar-refractivity contribution in [3.8, 4) is 0 Å². The van der Waals surface area contributed by atoms with Gasteiger partial charge in [0.1, 0.15) is 0 Å². The van der Waals surface area contributed by atoms with Crippen LogP contribution in [-0.4, -0.2) is 10.5 Å². The summed E-state index contributed by atoms with van der Waals surface area (Å²) in [6.07, 6.45) is 2.57. The summed E-state index contributed by atoms with van der Waals surface area (Å²) in [5, 5.41) is 3.46. The Kier molecular flexibility index (Phi) is 5.17. The van der Waals surface area contributed by atoms with E-state index < -0.39 is 0 Å². The van der Waals surface area contributed by atoms with Gasteiger partial charge in [0, 0.05) is 30.3 Å². The molecule has 0 saturated carbocycles. The van der Waals surface area contributed by atoms with E-state index in [0.717, 1.165) is 5.56 Å². The Morgan fingerprint density at radius 2 is 2.00 bits per heavy atom. The number of anilines is 1. The van der Waals surface area contributed by atoms with E-state index in [2.05, 4.69) is 5.32 Å². The molecular formula is C16H17ClN2O2. The molecule has 1 aromatic heterocycles. The SMILES string of the molecule is CCn1cc(NC(=O)CCc2ccccc2Cl)ccc1=O. The molecule has 0 fully saturated rings. The van der Waals surface area contributed by atoms with Crippen molar-refractivity contribution >= 4 is 23.2 Å². The normalized spacial score (nSPS) is 10.4. The number of nitrogens with zero attached hydrogens (tertiary/aromatic N) is 1. The number of rotatable bonds is 5. The zero-order valence-electron chi connectivity index (χ0n) is 11.8. The highest BCUT2D eigenvalue weighted by atomic mass is 35.5. The first-order chi connectivity index (χ1) is 10.1. The van der Waals surface area contributed by atoms with Crippen LogP contribution in [0.15, 0.2) is 47.4 Å². The molecule has 110 valence electrons. The maximum absolute atomic E-state index is 11.9. The first-order valence-electron chi connectivity index (χ1n) is 6.84. The maximum Gasteiger partial charge on any atom is 0.250 e. The first-order valence-corrected chi connectivity index (χ1v) is 7.21. The van der Waals surface area contributed by atoms with Crippen LogP contribution in [0.4, 0.5) is 5.69 Å². The van der Waals surface area contributed by atoms with Crippen molar-refractivity contribution in [2.24, 2.45) is 0 Å². The van der Waals surface area contributed by atoms with E-state index in [0.29, 0.717) is 30.1 Å². The summed E-state index contributed by atoms with van der Waals surface area (Å²) in [5.41, 5.74) is 1.50. The Bertz CT molecular complexity index is 695. The van der Waals surface area contributed by atoms with Gasteiger partial charge in [0.15, 0.2) is 0 Å². The largest absolute Gasteiger partial charge is 0.325 e. The molecule has 0 aliphatic carbocycles. The minimum absolute atomic E-state index is 0.0773. The van der Waals surface area contributed by atoms with Crippen LogP contribution >= 0.6 is 11.6 Å². The lowest BCUT2D eigenvalue weighted by Gasteiger charge is -2.08. The fraction of sp³-hybridized carbons (Fsp3) is 0.250. The summed E-state index contributed by atoms with van der Waals surface area (Å²) < 4.78 is 1.55. The molecule has 21 heavy (non-hydrogen) atoms. The van der Waals surface area contributed by atoms with Gasteiger partial charge in [-0.3, -0.25) is 9.59 Å². The average molecular weight is 305 g/mol. The Morgan fingerprint density at radius 1 is 1.24 bits per heavy atom. The molecule has 1 amide bonds. The number of halogens is 1. The van der Waals surface area contributed by atoms with Crippen LogP contribution in [0.5, 0.6) is 0 Å². The first kappa shape index (κ1) is 15.3. The number of benzene rings is 1. The maximum atomic E-state index is 11.9. The number of hydrogen-bond acceptors (Lipinski definition) is 2. The van der Waals surface area contributed by atoms with Gasteiger partial charge in [0.25, 0.3) is 5.56 Å². The lowest BCUT2D eigenvalue weighted by Crippen LogP contribution is -2.19. The third kappa shape index (κ3) is 4.20. The van der Waals surface area contributed by atoms with Gasteiger partial charge in [-0.1, -0.05) is 29.8 Å². The lowest BCUT2D eigenvalue weighted by molar-refractivity contribution is -0.116. The molecule has 1 heterocycles. The van der Waals surface area contributed by atoms with E-state index in [1.165, 1.54) is 6.07 Å². The second-order valence-corrected chi connectivity index (χ2v) is 5.09. The molecule has 5 heteroatoms. The molecule has 1 aromatic carbocycles. The van der Waals surface area contributed by atoms with Gasteiger partial charge in [-0.25, -0.2) is 0 Å². The van der Waals surface area contributed by atoms with E-state index in [-0.39, 0.29) is 11.5 Å². The third-order valence-corrected chi connectivity index (χ3v) is 3.56. The summed E-state index contributed by atoms with van der Waals surface area (Å²) >= 11 is 6.06. The van der Waals surface area contributed by atoms with Crippen molar-refractivity contribution in [2.75, 3.05) is 5.32 Å². The second kappa shape index (κ2) is 7.09. The number of amides is 1. The number of hydrogen-bond donors (Lipinski definition) is 1. The average Bonchev–Trinajstić information content (AvgIpc) is 2.48. The van der Waals surface area contributed by atoms with Gasteiger partial charge in [-0.05, 0) is 31.0 Å². The lowest BCUT2D eigenvalue weighted by atomic mass is 10.1. The zero-order valence-corrected chi connectivity index (χ0v) is 12.6. The monoisotopic (exact) mass is 304 g/mol. The Hall–Kier alpha value is -2.07. The highest BCUT2D eigenvalue weighted by Gasteiger charge is 2.06. The summed E-state index contributed by atoms with van der Waals surface area (Å²) in [7, 11) is 0. The molecule has 0 unspecified atom stereocenters. The second-order valence-electron chi connectivity index (χ2n) is 4.68. The quantitative estimate of drug-likeness (QED) is 0.923. The number of carbonyl (C=O) groups is 1. The molecule has 0 radical (unpaired) electrons. The van der Waals surface area contributed by atoms with Gasteiger partial charge in [-0.15, -0.1) is 0 Å². The topological polar surface area (TPSA) is 51.1 Å². The molecular weight excluding hydrogens is 288 g/mol. The molecule has 2 rings (SSSR count). The molecule has 0 bridgehead atoms. The summed E-state index contributed by atoms with van der Waals surface area (Å²) in [6, 6.07) is 10.5. The molecule has 0 saturated heterocycles. The number of nitrogens with one attached hydrogen (secondary N) is 1. The fourth-order valence-corrected chi connectivity index (χ4v) is 2.26. The Labute approximate surface area is 128 Å². The van der Waals surface area contributed by atoms with Crippen molar-refractivity contribution in [3.63, 3.8) is 0 Å². The van der Waals surface area contributed by atoms with E-state index >= 15 is 0 Å². The molecule has 0 atom stereocenters. The smallest absolute Gasteiger partial charge is 0.250 e. The predicted octanol–water partition coefficient (Wildman–Crippen LogP) is 3.09. The van der Waals surface area contributed by atoms with Gasteiger partial charge in [-0.2, -0.15) is 0 Å². The number of aromatic nitrogens is 1. The van der Waals surface area contributed by atoms with Crippen molar-refractivity contribution in [1.29, 1.82) is 0 Å². The van der Waals surface area contributed by atoms with E-state index in [1.54, 1.807) is 16.8 Å².